The zero-order valence-corrected chi connectivity index (χ0v) is 13.9. The molecule has 0 saturated heterocycles. The maximum absolute atomic E-state index is 10.9. The highest BCUT2D eigenvalue weighted by molar-refractivity contribution is 6.31. The number of hydrogen-bond acceptors (Lipinski definition) is 7. The Bertz CT molecular complexity index is 992. The summed E-state index contributed by atoms with van der Waals surface area (Å²) in [5, 5.41) is 37.2. The van der Waals surface area contributed by atoms with E-state index in [9.17, 15) is 15.2 Å². The van der Waals surface area contributed by atoms with Crippen LogP contribution < -0.4 is 0 Å². The average Bonchev–Trinajstić information content (AvgIpc) is 3.13. The third-order valence-corrected chi connectivity index (χ3v) is 3.53. The van der Waals surface area contributed by atoms with E-state index in [0.717, 1.165) is 17.5 Å². The molecule has 25 heavy (non-hydrogen) atoms. The molecular weight excluding hydrogens is 350 g/mol. The lowest BCUT2D eigenvalue weighted by Gasteiger charge is -2.03. The standard InChI is InChI=1S/C14H12ClN7O3/c1-8-3-9(2)21(19-8)14-18-16-7-20(14)17-6-10-4-11(15)5-12(13(10)23)22(24)25/h3-7,23H,1-2H3/b17-6+. The van der Waals surface area contributed by atoms with Gasteiger partial charge < -0.3 is 5.11 Å². The van der Waals surface area contributed by atoms with Gasteiger partial charge in [0.05, 0.1) is 16.8 Å². The summed E-state index contributed by atoms with van der Waals surface area (Å²) in [4.78, 5) is 10.2. The zero-order valence-electron chi connectivity index (χ0n) is 13.2. The second-order valence-electron chi connectivity index (χ2n) is 5.18. The Morgan fingerprint density at radius 1 is 1.36 bits per heavy atom. The Kier molecular flexibility index (Phi) is 4.19. The van der Waals surface area contributed by atoms with Crippen molar-refractivity contribution in [2.24, 2.45) is 5.10 Å². The smallest absolute Gasteiger partial charge is 0.312 e. The van der Waals surface area contributed by atoms with E-state index >= 15 is 0 Å². The van der Waals surface area contributed by atoms with Crippen LogP contribution in [0.15, 0.2) is 29.6 Å². The van der Waals surface area contributed by atoms with Crippen LogP contribution in [-0.4, -0.2) is 40.9 Å². The summed E-state index contributed by atoms with van der Waals surface area (Å²) in [6.45, 7) is 3.70. The van der Waals surface area contributed by atoms with Crippen LogP contribution in [-0.2, 0) is 0 Å². The molecule has 1 N–H and O–H groups in total. The maximum Gasteiger partial charge on any atom is 0.312 e. The monoisotopic (exact) mass is 361 g/mol. The van der Waals surface area contributed by atoms with Crippen molar-refractivity contribution in [2.45, 2.75) is 13.8 Å². The van der Waals surface area contributed by atoms with Crippen molar-refractivity contribution >= 4 is 23.5 Å². The number of phenols is 1. The Hall–Kier alpha value is -3.27. The first kappa shape index (κ1) is 16.6. The number of rotatable bonds is 4. The normalized spacial score (nSPS) is 11.3. The van der Waals surface area contributed by atoms with Crippen LogP contribution in [0.3, 0.4) is 0 Å². The van der Waals surface area contributed by atoms with Gasteiger partial charge >= 0.3 is 5.69 Å². The Morgan fingerprint density at radius 3 is 2.76 bits per heavy atom. The minimum Gasteiger partial charge on any atom is -0.502 e. The predicted octanol–water partition coefficient (Wildman–Crippen LogP) is 2.23. The number of aromatic hydroxyl groups is 1. The molecule has 0 aliphatic heterocycles. The Balaban J connectivity index is 2.01. The van der Waals surface area contributed by atoms with E-state index in [1.54, 1.807) is 4.68 Å². The predicted molar refractivity (Wildman–Crippen MR) is 89.4 cm³/mol. The number of phenolic OH excluding ortho intramolecular Hbond substituents is 1. The number of hydrogen-bond donors (Lipinski definition) is 1. The third kappa shape index (κ3) is 3.19. The van der Waals surface area contributed by atoms with Crippen LogP contribution in [0.4, 0.5) is 5.69 Å². The molecule has 10 nitrogen and oxygen atoms in total. The molecule has 1 aromatic carbocycles. The van der Waals surface area contributed by atoms with E-state index in [4.69, 9.17) is 11.6 Å². The summed E-state index contributed by atoms with van der Waals surface area (Å²) in [7, 11) is 0. The van der Waals surface area contributed by atoms with Gasteiger partial charge in [-0.25, -0.2) is 4.68 Å². The van der Waals surface area contributed by atoms with Crippen molar-refractivity contribution in [3.05, 3.63) is 56.6 Å². The SMILES string of the molecule is Cc1cc(C)n(-c2nncn2/N=C/c2cc(Cl)cc([N+](=O)[O-])c2O)n1. The van der Waals surface area contributed by atoms with Crippen molar-refractivity contribution in [3.8, 4) is 11.7 Å². The number of aromatic nitrogens is 5. The fraction of sp³-hybridized carbons (Fsp3) is 0.143. The topological polar surface area (TPSA) is 124 Å². The highest BCUT2D eigenvalue weighted by atomic mass is 35.5. The first-order valence-electron chi connectivity index (χ1n) is 7.01. The summed E-state index contributed by atoms with van der Waals surface area (Å²) in [6.07, 6.45) is 2.57. The quantitative estimate of drug-likeness (QED) is 0.431. The molecule has 0 radical (unpaired) electrons. The van der Waals surface area contributed by atoms with Crippen molar-refractivity contribution < 1.29 is 10.0 Å². The van der Waals surface area contributed by atoms with Gasteiger partial charge in [0.15, 0.2) is 0 Å². The zero-order chi connectivity index (χ0) is 18.1. The molecule has 0 amide bonds. The van der Waals surface area contributed by atoms with Gasteiger partial charge in [-0.15, -0.1) is 10.2 Å². The Labute approximate surface area is 146 Å². The van der Waals surface area contributed by atoms with E-state index in [1.807, 2.05) is 19.9 Å². The molecule has 0 bridgehead atoms. The molecule has 0 spiro atoms. The van der Waals surface area contributed by atoms with E-state index in [-0.39, 0.29) is 10.6 Å². The molecule has 2 aromatic heterocycles. The minimum absolute atomic E-state index is 0.0900. The van der Waals surface area contributed by atoms with Crippen LogP contribution >= 0.6 is 11.6 Å². The summed E-state index contributed by atoms with van der Waals surface area (Å²) < 4.78 is 2.88. The number of benzene rings is 1. The molecule has 2 heterocycles. The van der Waals surface area contributed by atoms with Crippen LogP contribution in [0.5, 0.6) is 5.75 Å². The first-order valence-corrected chi connectivity index (χ1v) is 7.39. The molecule has 11 heteroatoms. The van der Waals surface area contributed by atoms with E-state index in [0.29, 0.717) is 5.95 Å². The van der Waals surface area contributed by atoms with E-state index in [2.05, 4.69) is 20.4 Å². The lowest BCUT2D eigenvalue weighted by atomic mass is 10.2. The summed E-state index contributed by atoms with van der Waals surface area (Å²) in [6, 6.07) is 4.30. The van der Waals surface area contributed by atoms with Crippen molar-refractivity contribution in [3.63, 3.8) is 0 Å². The van der Waals surface area contributed by atoms with Crippen molar-refractivity contribution in [2.75, 3.05) is 0 Å². The molecule has 0 aliphatic rings. The van der Waals surface area contributed by atoms with Crippen LogP contribution in [0, 0.1) is 24.0 Å². The maximum atomic E-state index is 10.9. The van der Waals surface area contributed by atoms with E-state index < -0.39 is 16.4 Å². The molecule has 3 rings (SSSR count). The summed E-state index contributed by atoms with van der Waals surface area (Å²) in [5.74, 6) is -0.197. The number of nitrogens with zero attached hydrogens (tertiary/aromatic N) is 7. The molecule has 0 unspecified atom stereocenters. The molecule has 0 aliphatic carbocycles. The van der Waals surface area contributed by atoms with Crippen molar-refractivity contribution in [1.82, 2.24) is 24.7 Å². The molecule has 0 atom stereocenters. The second-order valence-corrected chi connectivity index (χ2v) is 5.62. The molecular formula is C14H12ClN7O3. The minimum atomic E-state index is -0.724. The van der Waals surface area contributed by atoms with Gasteiger partial charge in [0.25, 0.3) is 5.95 Å². The van der Waals surface area contributed by atoms with Gasteiger partial charge in [-0.1, -0.05) is 11.6 Å². The number of nitro benzene ring substituents is 1. The molecule has 0 saturated carbocycles. The van der Waals surface area contributed by atoms with E-state index in [1.165, 1.54) is 23.3 Å². The number of nitro groups is 1. The summed E-state index contributed by atoms with van der Waals surface area (Å²) >= 11 is 5.85. The number of halogens is 1. The van der Waals surface area contributed by atoms with Crippen LogP contribution in [0.25, 0.3) is 5.95 Å². The highest BCUT2D eigenvalue weighted by Crippen LogP contribution is 2.32. The van der Waals surface area contributed by atoms with Gasteiger partial charge in [-0.2, -0.15) is 14.9 Å². The van der Waals surface area contributed by atoms with Gasteiger partial charge in [-0.3, -0.25) is 10.1 Å². The first-order chi connectivity index (χ1) is 11.9. The fourth-order valence-corrected chi connectivity index (χ4v) is 2.46. The van der Waals surface area contributed by atoms with Crippen molar-refractivity contribution in [1.29, 1.82) is 0 Å². The Morgan fingerprint density at radius 2 is 2.12 bits per heavy atom. The van der Waals surface area contributed by atoms with Crippen LogP contribution in [0.2, 0.25) is 5.02 Å². The average molecular weight is 362 g/mol. The molecule has 128 valence electrons. The third-order valence-electron chi connectivity index (χ3n) is 3.31. The summed E-state index contributed by atoms with van der Waals surface area (Å²) in [5.41, 5.74) is 1.23. The highest BCUT2D eigenvalue weighted by Gasteiger charge is 2.18. The second kappa shape index (κ2) is 6.32. The fourth-order valence-electron chi connectivity index (χ4n) is 2.24. The number of aryl methyl sites for hydroxylation is 2. The largest absolute Gasteiger partial charge is 0.502 e. The molecule has 0 fully saturated rings. The lowest BCUT2D eigenvalue weighted by Crippen LogP contribution is -2.06. The van der Waals surface area contributed by atoms with Gasteiger partial charge in [0, 0.05) is 22.3 Å². The van der Waals surface area contributed by atoms with Crippen LogP contribution in [0.1, 0.15) is 17.0 Å². The molecule has 3 aromatic rings. The van der Waals surface area contributed by atoms with Gasteiger partial charge in [0.2, 0.25) is 5.75 Å². The van der Waals surface area contributed by atoms with Gasteiger partial charge in [-0.05, 0) is 26.0 Å². The lowest BCUT2D eigenvalue weighted by molar-refractivity contribution is -0.385. The van der Waals surface area contributed by atoms with Gasteiger partial charge in [0.1, 0.15) is 6.33 Å².